The van der Waals surface area contributed by atoms with E-state index in [9.17, 15) is 0 Å². The third-order valence-corrected chi connectivity index (χ3v) is 2.03. The topological polar surface area (TPSA) is 35.2 Å². The fourth-order valence-electron chi connectivity index (χ4n) is 0.405. The Bertz CT molecular complexity index is 78.0. The standard InChI is InChI=1S/C7H17NOSi/c1-6(2)5-9-10-7(3)4-8/h6-7H,4-5,8H2,1-3H3. The van der Waals surface area contributed by atoms with Crippen LogP contribution in [0.4, 0.5) is 0 Å². The first-order valence-corrected chi connectivity index (χ1v) is 4.72. The van der Waals surface area contributed by atoms with Gasteiger partial charge in [0.1, 0.15) is 0 Å². The average molecular weight is 159 g/mol. The summed E-state index contributed by atoms with van der Waals surface area (Å²) < 4.78 is 5.40. The van der Waals surface area contributed by atoms with E-state index in [2.05, 4.69) is 20.8 Å². The fraction of sp³-hybridized carbons (Fsp3) is 1.00. The van der Waals surface area contributed by atoms with Crippen molar-refractivity contribution in [2.45, 2.75) is 26.3 Å². The molecular formula is C7H17NOSi. The van der Waals surface area contributed by atoms with Gasteiger partial charge in [-0.2, -0.15) is 0 Å². The monoisotopic (exact) mass is 159 g/mol. The molecule has 3 heteroatoms. The van der Waals surface area contributed by atoms with Crippen LogP contribution in [-0.2, 0) is 4.43 Å². The molecule has 0 fully saturated rings. The summed E-state index contributed by atoms with van der Waals surface area (Å²) in [5, 5.41) is 0. The van der Waals surface area contributed by atoms with Gasteiger partial charge in [0.15, 0.2) is 0 Å². The van der Waals surface area contributed by atoms with Crippen molar-refractivity contribution in [3.8, 4) is 0 Å². The first kappa shape index (κ1) is 10.1. The Balaban J connectivity index is 3.03. The number of hydrogen-bond acceptors (Lipinski definition) is 2. The Labute approximate surface area is 66.1 Å². The molecule has 0 saturated heterocycles. The molecular weight excluding hydrogens is 142 g/mol. The zero-order valence-corrected chi connectivity index (χ0v) is 8.05. The minimum absolute atomic E-state index is 0.527. The van der Waals surface area contributed by atoms with Gasteiger partial charge in [-0.3, -0.25) is 0 Å². The van der Waals surface area contributed by atoms with Crippen molar-refractivity contribution in [1.82, 2.24) is 0 Å². The maximum Gasteiger partial charge on any atom is 0.234 e. The van der Waals surface area contributed by atoms with E-state index in [-0.39, 0.29) is 0 Å². The normalized spacial score (nSPS) is 14.1. The Kier molecular flexibility index (Phi) is 5.97. The van der Waals surface area contributed by atoms with Crippen LogP contribution >= 0.6 is 0 Å². The number of rotatable bonds is 5. The second kappa shape index (κ2) is 5.89. The molecule has 0 aliphatic carbocycles. The molecule has 0 aliphatic heterocycles. The minimum Gasteiger partial charge on any atom is -0.417 e. The maximum absolute atomic E-state index is 5.42. The third kappa shape index (κ3) is 6.26. The van der Waals surface area contributed by atoms with Crippen LogP contribution in [0.15, 0.2) is 0 Å². The molecule has 60 valence electrons. The summed E-state index contributed by atoms with van der Waals surface area (Å²) in [5.74, 6) is 0.637. The lowest BCUT2D eigenvalue weighted by atomic mass is 10.2. The van der Waals surface area contributed by atoms with E-state index in [1.807, 2.05) is 0 Å². The van der Waals surface area contributed by atoms with Crippen LogP contribution in [0, 0.1) is 5.92 Å². The van der Waals surface area contributed by atoms with E-state index < -0.39 is 0 Å². The van der Waals surface area contributed by atoms with Crippen LogP contribution in [-0.4, -0.2) is 22.9 Å². The summed E-state index contributed by atoms with van der Waals surface area (Å²) in [6, 6.07) is 0. The minimum atomic E-state index is 0.527. The summed E-state index contributed by atoms with van der Waals surface area (Å²) >= 11 is 0. The lowest BCUT2D eigenvalue weighted by Crippen LogP contribution is -2.16. The van der Waals surface area contributed by atoms with E-state index >= 15 is 0 Å². The molecule has 0 aliphatic rings. The van der Waals surface area contributed by atoms with Gasteiger partial charge < -0.3 is 10.2 Å². The highest BCUT2D eigenvalue weighted by molar-refractivity contribution is 6.29. The van der Waals surface area contributed by atoms with E-state index in [0.29, 0.717) is 21.2 Å². The van der Waals surface area contributed by atoms with Gasteiger partial charge in [0.2, 0.25) is 9.76 Å². The average Bonchev–Trinajstić information content (AvgIpc) is 1.87. The highest BCUT2D eigenvalue weighted by Crippen LogP contribution is 1.99. The second-order valence-electron chi connectivity index (χ2n) is 2.96. The van der Waals surface area contributed by atoms with Gasteiger partial charge in [-0.05, 0) is 18.0 Å². The first-order valence-electron chi connectivity index (χ1n) is 3.74. The number of hydrogen-bond donors (Lipinski definition) is 1. The molecule has 0 aromatic heterocycles. The number of nitrogens with two attached hydrogens (primary N) is 1. The molecule has 2 N–H and O–H groups in total. The maximum atomic E-state index is 5.42. The molecule has 0 aromatic rings. The molecule has 10 heavy (non-hydrogen) atoms. The van der Waals surface area contributed by atoms with Crippen molar-refractivity contribution in [1.29, 1.82) is 0 Å². The summed E-state index contributed by atoms with van der Waals surface area (Å²) in [7, 11) is 0.574. The molecule has 0 spiro atoms. The molecule has 0 aromatic carbocycles. The fourth-order valence-corrected chi connectivity index (χ4v) is 1.22. The zero-order chi connectivity index (χ0) is 7.98. The smallest absolute Gasteiger partial charge is 0.234 e. The molecule has 0 amide bonds. The van der Waals surface area contributed by atoms with E-state index in [4.69, 9.17) is 10.2 Å². The van der Waals surface area contributed by atoms with Crippen LogP contribution in [0.5, 0.6) is 0 Å². The molecule has 2 radical (unpaired) electrons. The lowest BCUT2D eigenvalue weighted by Gasteiger charge is -2.08. The second-order valence-corrected chi connectivity index (χ2v) is 4.47. The Morgan fingerprint density at radius 3 is 2.40 bits per heavy atom. The predicted molar refractivity (Wildman–Crippen MR) is 45.0 cm³/mol. The molecule has 0 saturated carbocycles. The summed E-state index contributed by atoms with van der Waals surface area (Å²) in [4.78, 5) is 0. The van der Waals surface area contributed by atoms with Crippen molar-refractivity contribution >= 4 is 9.76 Å². The van der Waals surface area contributed by atoms with Gasteiger partial charge in [0.05, 0.1) is 0 Å². The van der Waals surface area contributed by atoms with E-state index in [1.165, 1.54) is 0 Å². The Morgan fingerprint density at radius 2 is 2.00 bits per heavy atom. The van der Waals surface area contributed by atoms with Gasteiger partial charge >= 0.3 is 0 Å². The highest BCUT2D eigenvalue weighted by atomic mass is 28.2. The molecule has 1 atom stereocenters. The lowest BCUT2D eigenvalue weighted by molar-refractivity contribution is 0.280. The molecule has 1 unspecified atom stereocenters. The summed E-state index contributed by atoms with van der Waals surface area (Å²) in [5.41, 5.74) is 5.94. The van der Waals surface area contributed by atoms with Gasteiger partial charge in [-0.1, -0.05) is 20.8 Å². The predicted octanol–water partition coefficient (Wildman–Crippen LogP) is 1.05. The Morgan fingerprint density at radius 1 is 1.40 bits per heavy atom. The van der Waals surface area contributed by atoms with E-state index in [0.717, 1.165) is 13.2 Å². The van der Waals surface area contributed by atoms with Crippen molar-refractivity contribution in [3.05, 3.63) is 0 Å². The molecule has 0 rings (SSSR count). The van der Waals surface area contributed by atoms with Crippen LogP contribution in [0.1, 0.15) is 20.8 Å². The van der Waals surface area contributed by atoms with Crippen LogP contribution in [0.2, 0.25) is 5.54 Å². The summed E-state index contributed by atoms with van der Waals surface area (Å²) in [6.45, 7) is 8.01. The largest absolute Gasteiger partial charge is 0.417 e. The van der Waals surface area contributed by atoms with E-state index in [1.54, 1.807) is 0 Å². The van der Waals surface area contributed by atoms with Gasteiger partial charge in [-0.15, -0.1) is 0 Å². The van der Waals surface area contributed by atoms with Crippen molar-refractivity contribution in [2.24, 2.45) is 11.7 Å². The van der Waals surface area contributed by atoms with Gasteiger partial charge in [-0.25, -0.2) is 0 Å². The third-order valence-electron chi connectivity index (χ3n) is 1.05. The zero-order valence-electron chi connectivity index (χ0n) is 7.05. The van der Waals surface area contributed by atoms with Crippen molar-refractivity contribution in [2.75, 3.05) is 13.2 Å². The molecule has 0 heterocycles. The first-order chi connectivity index (χ1) is 4.66. The van der Waals surface area contributed by atoms with Gasteiger partial charge in [0.25, 0.3) is 0 Å². The highest BCUT2D eigenvalue weighted by Gasteiger charge is 2.02. The van der Waals surface area contributed by atoms with Gasteiger partial charge in [0, 0.05) is 6.61 Å². The van der Waals surface area contributed by atoms with Crippen LogP contribution in [0.25, 0.3) is 0 Å². The SMILES string of the molecule is CC(C)CO[Si]C(C)CN. The van der Waals surface area contributed by atoms with Crippen molar-refractivity contribution < 1.29 is 4.43 Å². The van der Waals surface area contributed by atoms with Crippen molar-refractivity contribution in [3.63, 3.8) is 0 Å². The van der Waals surface area contributed by atoms with Crippen LogP contribution in [0.3, 0.4) is 0 Å². The quantitative estimate of drug-likeness (QED) is 0.608. The molecule has 0 bridgehead atoms. The summed E-state index contributed by atoms with van der Waals surface area (Å²) in [6.07, 6.45) is 0. The van der Waals surface area contributed by atoms with Crippen LogP contribution < -0.4 is 5.73 Å². The Hall–Kier alpha value is 0.137. The molecule has 2 nitrogen and oxygen atoms in total.